The lowest BCUT2D eigenvalue weighted by atomic mass is 10.0. The molecule has 1 aromatic carbocycles. The highest BCUT2D eigenvalue weighted by atomic mass is 16.4. The summed E-state index contributed by atoms with van der Waals surface area (Å²) in [4.78, 5) is 48.3. The number of carboxylic acid groups (broad SMARTS) is 1. The van der Waals surface area contributed by atoms with E-state index in [1.165, 1.54) is 12.1 Å². The minimum absolute atomic E-state index is 0.0794. The summed E-state index contributed by atoms with van der Waals surface area (Å²) in [5, 5.41) is 11.5. The number of carbonyl (C=O) groups excluding carboxylic acids is 3. The van der Waals surface area contributed by atoms with Crippen molar-refractivity contribution in [3.05, 3.63) is 35.4 Å². The van der Waals surface area contributed by atoms with Gasteiger partial charge in [-0.25, -0.2) is 4.79 Å². The van der Waals surface area contributed by atoms with Crippen LogP contribution in [-0.2, 0) is 9.59 Å². The van der Waals surface area contributed by atoms with Crippen LogP contribution in [0.4, 0.5) is 0 Å². The van der Waals surface area contributed by atoms with Gasteiger partial charge in [-0.15, -0.1) is 0 Å². The van der Waals surface area contributed by atoms with Crippen molar-refractivity contribution in [1.82, 2.24) is 10.2 Å². The number of hydrogen-bond donors (Lipinski definition) is 2. The van der Waals surface area contributed by atoms with Crippen molar-refractivity contribution in [1.29, 1.82) is 0 Å². The maximum atomic E-state index is 12.1. The van der Waals surface area contributed by atoms with Crippen LogP contribution in [0.1, 0.15) is 41.0 Å². The van der Waals surface area contributed by atoms with Gasteiger partial charge in [-0.05, 0) is 24.5 Å². The lowest BCUT2D eigenvalue weighted by molar-refractivity contribution is -0.142. The van der Waals surface area contributed by atoms with Crippen LogP contribution in [0.5, 0.6) is 0 Å². The highest BCUT2D eigenvalue weighted by Gasteiger charge is 2.36. The summed E-state index contributed by atoms with van der Waals surface area (Å²) in [6.07, 6.45) is 0.267. The van der Waals surface area contributed by atoms with Crippen LogP contribution >= 0.6 is 0 Å². The Balaban J connectivity index is 2.05. The van der Waals surface area contributed by atoms with E-state index < -0.39 is 36.3 Å². The molecule has 0 saturated carbocycles. The molecular weight excluding hydrogens is 300 g/mol. The Labute approximate surface area is 133 Å². The van der Waals surface area contributed by atoms with Crippen LogP contribution in [0.2, 0.25) is 0 Å². The molecule has 122 valence electrons. The molecule has 0 bridgehead atoms. The van der Waals surface area contributed by atoms with Crippen LogP contribution in [0, 0.1) is 5.92 Å². The highest BCUT2D eigenvalue weighted by molar-refractivity contribution is 6.22. The maximum absolute atomic E-state index is 12.1. The van der Waals surface area contributed by atoms with Crippen LogP contribution in [0.25, 0.3) is 0 Å². The van der Waals surface area contributed by atoms with Gasteiger partial charge in [-0.2, -0.15) is 0 Å². The normalized spacial score (nSPS) is 14.8. The van der Waals surface area contributed by atoms with Gasteiger partial charge in [0, 0.05) is 0 Å². The number of amides is 3. The highest BCUT2D eigenvalue weighted by Crippen LogP contribution is 2.21. The first kappa shape index (κ1) is 16.7. The fraction of sp³-hybridized carbons (Fsp3) is 0.375. The fourth-order valence-electron chi connectivity index (χ4n) is 2.46. The van der Waals surface area contributed by atoms with E-state index in [2.05, 4.69) is 5.32 Å². The van der Waals surface area contributed by atoms with E-state index in [1.54, 1.807) is 12.1 Å². The SMILES string of the molecule is CC(C)C[C@@H](NC(=O)CN1C(=O)c2ccccc2C1=O)C(=O)O. The van der Waals surface area contributed by atoms with E-state index in [1.807, 2.05) is 13.8 Å². The first-order valence-corrected chi connectivity index (χ1v) is 7.28. The van der Waals surface area contributed by atoms with E-state index in [-0.39, 0.29) is 23.5 Å². The zero-order valence-corrected chi connectivity index (χ0v) is 12.9. The second-order valence-electron chi connectivity index (χ2n) is 5.83. The van der Waals surface area contributed by atoms with E-state index in [0.29, 0.717) is 0 Å². The largest absolute Gasteiger partial charge is 0.480 e. The molecule has 23 heavy (non-hydrogen) atoms. The number of aliphatic carboxylic acids is 1. The molecule has 2 rings (SSSR count). The van der Waals surface area contributed by atoms with Crippen molar-refractivity contribution in [2.75, 3.05) is 6.54 Å². The number of carboxylic acids is 1. The molecule has 3 amide bonds. The van der Waals surface area contributed by atoms with Crippen LogP contribution in [-0.4, -0.2) is 46.3 Å². The molecule has 7 nitrogen and oxygen atoms in total. The molecule has 1 aromatic rings. The Morgan fingerprint density at radius 2 is 1.65 bits per heavy atom. The fourth-order valence-corrected chi connectivity index (χ4v) is 2.46. The predicted octanol–water partition coefficient (Wildman–Crippen LogP) is 0.898. The molecule has 1 atom stereocenters. The summed E-state index contributed by atoms with van der Waals surface area (Å²) in [5.74, 6) is -2.83. The Morgan fingerprint density at radius 3 is 2.09 bits per heavy atom. The average Bonchev–Trinajstić information content (AvgIpc) is 2.72. The molecule has 0 spiro atoms. The minimum Gasteiger partial charge on any atom is -0.480 e. The molecule has 0 radical (unpaired) electrons. The number of imide groups is 1. The van der Waals surface area contributed by atoms with Crippen molar-refractivity contribution in [3.63, 3.8) is 0 Å². The number of nitrogens with one attached hydrogen (secondary N) is 1. The van der Waals surface area contributed by atoms with Gasteiger partial charge in [-0.3, -0.25) is 19.3 Å². The van der Waals surface area contributed by atoms with Gasteiger partial charge in [0.2, 0.25) is 5.91 Å². The van der Waals surface area contributed by atoms with Gasteiger partial charge in [0.25, 0.3) is 11.8 Å². The third kappa shape index (κ3) is 3.56. The van der Waals surface area contributed by atoms with Crippen molar-refractivity contribution in [3.8, 4) is 0 Å². The summed E-state index contributed by atoms with van der Waals surface area (Å²) in [6, 6.07) is 5.27. The molecule has 7 heteroatoms. The number of carbonyl (C=O) groups is 4. The number of rotatable bonds is 6. The van der Waals surface area contributed by atoms with Gasteiger partial charge in [-0.1, -0.05) is 26.0 Å². The van der Waals surface area contributed by atoms with E-state index in [0.717, 1.165) is 4.90 Å². The van der Waals surface area contributed by atoms with Crippen LogP contribution < -0.4 is 5.32 Å². The Bertz CT molecular complexity index is 633. The van der Waals surface area contributed by atoms with Crippen molar-refractivity contribution >= 4 is 23.7 Å². The second kappa shape index (κ2) is 6.60. The first-order chi connectivity index (χ1) is 10.8. The van der Waals surface area contributed by atoms with Crippen molar-refractivity contribution in [2.24, 2.45) is 5.92 Å². The minimum atomic E-state index is -1.14. The van der Waals surface area contributed by atoms with Gasteiger partial charge in [0.1, 0.15) is 12.6 Å². The summed E-state index contributed by atoms with van der Waals surface area (Å²) >= 11 is 0. The monoisotopic (exact) mass is 318 g/mol. The quantitative estimate of drug-likeness (QED) is 0.758. The third-order valence-electron chi connectivity index (χ3n) is 3.52. The lowest BCUT2D eigenvalue weighted by Gasteiger charge is -2.19. The van der Waals surface area contributed by atoms with E-state index in [4.69, 9.17) is 5.11 Å². The molecule has 0 aliphatic carbocycles. The summed E-state index contributed by atoms with van der Waals surface area (Å²) in [5.41, 5.74) is 0.504. The molecule has 1 aliphatic heterocycles. The predicted molar refractivity (Wildman–Crippen MR) is 80.8 cm³/mol. The summed E-state index contributed by atoms with van der Waals surface area (Å²) in [6.45, 7) is 3.19. The lowest BCUT2D eigenvalue weighted by Crippen LogP contribution is -2.47. The topological polar surface area (TPSA) is 104 Å². The molecule has 1 aliphatic rings. The van der Waals surface area contributed by atoms with Gasteiger partial charge in [0.05, 0.1) is 11.1 Å². The Hall–Kier alpha value is -2.70. The summed E-state index contributed by atoms with van der Waals surface area (Å²) in [7, 11) is 0. The molecule has 0 unspecified atom stereocenters. The third-order valence-corrected chi connectivity index (χ3v) is 3.52. The second-order valence-corrected chi connectivity index (χ2v) is 5.83. The first-order valence-electron chi connectivity index (χ1n) is 7.28. The van der Waals surface area contributed by atoms with Gasteiger partial charge < -0.3 is 10.4 Å². The zero-order chi connectivity index (χ0) is 17.1. The zero-order valence-electron chi connectivity index (χ0n) is 12.9. The van der Waals surface area contributed by atoms with Gasteiger partial charge >= 0.3 is 5.97 Å². The maximum Gasteiger partial charge on any atom is 0.326 e. The standard InChI is InChI=1S/C16H18N2O5/c1-9(2)7-12(16(22)23)17-13(19)8-18-14(20)10-5-3-4-6-11(10)15(18)21/h3-6,9,12H,7-8H2,1-2H3,(H,17,19)(H,22,23)/t12-/m1/s1. The molecule has 0 aromatic heterocycles. The van der Waals surface area contributed by atoms with Crippen molar-refractivity contribution < 1.29 is 24.3 Å². The smallest absolute Gasteiger partial charge is 0.326 e. The number of nitrogens with zero attached hydrogens (tertiary/aromatic N) is 1. The number of benzene rings is 1. The molecule has 1 heterocycles. The number of hydrogen-bond acceptors (Lipinski definition) is 4. The molecule has 0 fully saturated rings. The van der Waals surface area contributed by atoms with E-state index >= 15 is 0 Å². The van der Waals surface area contributed by atoms with Crippen LogP contribution in [0.3, 0.4) is 0 Å². The molecular formula is C16H18N2O5. The molecule has 2 N–H and O–H groups in total. The average molecular weight is 318 g/mol. The summed E-state index contributed by atoms with van der Waals surface area (Å²) < 4.78 is 0. The van der Waals surface area contributed by atoms with Crippen LogP contribution in [0.15, 0.2) is 24.3 Å². The van der Waals surface area contributed by atoms with E-state index in [9.17, 15) is 19.2 Å². The van der Waals surface area contributed by atoms with Crippen molar-refractivity contribution in [2.45, 2.75) is 26.3 Å². The Morgan fingerprint density at radius 1 is 1.13 bits per heavy atom. The molecule has 0 saturated heterocycles. The number of fused-ring (bicyclic) bond motifs is 1. The Kier molecular flexibility index (Phi) is 4.78. The van der Waals surface area contributed by atoms with Gasteiger partial charge in [0.15, 0.2) is 0 Å².